The van der Waals surface area contributed by atoms with Crippen LogP contribution in [0.2, 0.25) is 0 Å². The first kappa shape index (κ1) is 10.9. The molecular formula is C11H18O4. The van der Waals surface area contributed by atoms with Crippen LogP contribution in [0.5, 0.6) is 0 Å². The van der Waals surface area contributed by atoms with Gasteiger partial charge >= 0.3 is 5.97 Å². The van der Waals surface area contributed by atoms with Crippen LogP contribution in [0.15, 0.2) is 0 Å². The molecule has 2 aliphatic rings. The quantitative estimate of drug-likeness (QED) is 0.665. The highest BCUT2D eigenvalue weighted by atomic mass is 16.7. The Balaban J connectivity index is 1.67. The average molecular weight is 214 g/mol. The van der Waals surface area contributed by atoms with E-state index in [1.807, 2.05) is 6.92 Å². The third-order valence-electron chi connectivity index (χ3n) is 2.79. The zero-order valence-corrected chi connectivity index (χ0v) is 9.11. The van der Waals surface area contributed by atoms with Crippen molar-refractivity contribution in [3.8, 4) is 0 Å². The van der Waals surface area contributed by atoms with Gasteiger partial charge in [0.25, 0.3) is 0 Å². The van der Waals surface area contributed by atoms with E-state index in [1.165, 1.54) is 0 Å². The molecule has 1 saturated carbocycles. The molecule has 0 aromatic heterocycles. The van der Waals surface area contributed by atoms with E-state index in [2.05, 4.69) is 0 Å². The fraction of sp³-hybridized carbons (Fsp3) is 0.909. The highest BCUT2D eigenvalue weighted by molar-refractivity contribution is 5.76. The molecule has 2 rings (SSSR count). The van der Waals surface area contributed by atoms with Crippen molar-refractivity contribution in [1.29, 1.82) is 0 Å². The van der Waals surface area contributed by atoms with Gasteiger partial charge in [0, 0.05) is 6.61 Å². The minimum absolute atomic E-state index is 0.0344. The Hall–Kier alpha value is -0.610. The SMILES string of the molecule is CCOC(=O)[C@@H]1C[C@@H]1O[C@H]1CCCCO1. The summed E-state index contributed by atoms with van der Waals surface area (Å²) in [6.07, 6.45) is 3.95. The van der Waals surface area contributed by atoms with Crippen molar-refractivity contribution in [3.63, 3.8) is 0 Å². The number of rotatable bonds is 4. The van der Waals surface area contributed by atoms with Gasteiger partial charge in [0.05, 0.1) is 18.6 Å². The van der Waals surface area contributed by atoms with Crippen LogP contribution in [0.4, 0.5) is 0 Å². The molecule has 86 valence electrons. The van der Waals surface area contributed by atoms with Crippen LogP contribution >= 0.6 is 0 Å². The predicted octanol–water partition coefficient (Wildman–Crippen LogP) is 1.48. The summed E-state index contributed by atoms with van der Waals surface area (Å²) in [5, 5.41) is 0. The molecule has 0 aromatic rings. The maximum Gasteiger partial charge on any atom is 0.311 e. The van der Waals surface area contributed by atoms with E-state index in [1.54, 1.807) is 0 Å². The topological polar surface area (TPSA) is 44.8 Å². The summed E-state index contributed by atoms with van der Waals surface area (Å²) < 4.78 is 16.0. The standard InChI is InChI=1S/C11H18O4/c1-2-13-11(12)8-7-9(8)15-10-5-3-4-6-14-10/h8-10H,2-7H2,1H3/t8-,9+,10+/m1/s1. The largest absolute Gasteiger partial charge is 0.466 e. The molecule has 0 aromatic carbocycles. The molecule has 4 heteroatoms. The van der Waals surface area contributed by atoms with E-state index in [4.69, 9.17) is 14.2 Å². The van der Waals surface area contributed by atoms with Gasteiger partial charge in [0.2, 0.25) is 0 Å². The number of ether oxygens (including phenoxy) is 3. The van der Waals surface area contributed by atoms with Gasteiger partial charge < -0.3 is 14.2 Å². The summed E-state index contributed by atoms with van der Waals surface area (Å²) in [6, 6.07) is 0. The van der Waals surface area contributed by atoms with Gasteiger partial charge in [-0.05, 0) is 32.6 Å². The van der Waals surface area contributed by atoms with E-state index in [0.717, 1.165) is 32.3 Å². The van der Waals surface area contributed by atoms with Crippen molar-refractivity contribution in [3.05, 3.63) is 0 Å². The first-order valence-corrected chi connectivity index (χ1v) is 5.75. The number of hydrogen-bond acceptors (Lipinski definition) is 4. The molecule has 1 aliphatic carbocycles. The van der Waals surface area contributed by atoms with E-state index >= 15 is 0 Å². The van der Waals surface area contributed by atoms with Crippen LogP contribution < -0.4 is 0 Å². The maximum absolute atomic E-state index is 11.3. The zero-order chi connectivity index (χ0) is 10.7. The lowest BCUT2D eigenvalue weighted by Crippen LogP contribution is -2.24. The third-order valence-corrected chi connectivity index (χ3v) is 2.79. The first-order valence-electron chi connectivity index (χ1n) is 5.75. The number of carbonyl (C=O) groups excluding carboxylic acids is 1. The van der Waals surface area contributed by atoms with Gasteiger partial charge in [-0.3, -0.25) is 4.79 Å². The van der Waals surface area contributed by atoms with E-state index < -0.39 is 0 Å². The lowest BCUT2D eigenvalue weighted by molar-refractivity contribution is -0.174. The van der Waals surface area contributed by atoms with Gasteiger partial charge in [-0.25, -0.2) is 0 Å². The van der Waals surface area contributed by atoms with Crippen LogP contribution in [0, 0.1) is 5.92 Å². The number of esters is 1. The monoisotopic (exact) mass is 214 g/mol. The number of carbonyl (C=O) groups is 1. The summed E-state index contributed by atoms with van der Waals surface area (Å²) in [5.41, 5.74) is 0. The number of hydrogen-bond donors (Lipinski definition) is 0. The second-order valence-electron chi connectivity index (χ2n) is 4.06. The molecule has 1 heterocycles. The predicted molar refractivity (Wildman–Crippen MR) is 53.2 cm³/mol. The molecule has 0 amide bonds. The third kappa shape index (κ3) is 2.92. The molecule has 15 heavy (non-hydrogen) atoms. The van der Waals surface area contributed by atoms with Crippen LogP contribution in [0.25, 0.3) is 0 Å². The van der Waals surface area contributed by atoms with Crippen molar-refractivity contribution >= 4 is 5.97 Å². The molecule has 0 bridgehead atoms. The molecule has 0 N–H and O–H groups in total. The summed E-state index contributed by atoms with van der Waals surface area (Å²) in [4.78, 5) is 11.3. The fourth-order valence-electron chi connectivity index (χ4n) is 1.83. The lowest BCUT2D eigenvalue weighted by atomic mass is 10.2. The molecule has 4 nitrogen and oxygen atoms in total. The molecule has 3 atom stereocenters. The second kappa shape index (κ2) is 4.94. The van der Waals surface area contributed by atoms with Crippen LogP contribution in [-0.4, -0.2) is 31.6 Å². The van der Waals surface area contributed by atoms with Gasteiger partial charge in [0.15, 0.2) is 6.29 Å². The zero-order valence-electron chi connectivity index (χ0n) is 9.11. The Morgan fingerprint density at radius 1 is 1.47 bits per heavy atom. The summed E-state index contributed by atoms with van der Waals surface area (Å²) >= 11 is 0. The average Bonchev–Trinajstić information content (AvgIpc) is 2.99. The van der Waals surface area contributed by atoms with Gasteiger partial charge in [0.1, 0.15) is 0 Å². The van der Waals surface area contributed by atoms with E-state index in [-0.39, 0.29) is 24.3 Å². The first-order chi connectivity index (χ1) is 7.31. The Morgan fingerprint density at radius 2 is 2.33 bits per heavy atom. The summed E-state index contributed by atoms with van der Waals surface area (Å²) in [5.74, 6) is -0.172. The maximum atomic E-state index is 11.3. The van der Waals surface area contributed by atoms with Crippen LogP contribution in [0.3, 0.4) is 0 Å². The van der Waals surface area contributed by atoms with Crippen molar-refractivity contribution < 1.29 is 19.0 Å². The second-order valence-corrected chi connectivity index (χ2v) is 4.06. The lowest BCUT2D eigenvalue weighted by Gasteiger charge is -2.22. The Labute approximate surface area is 89.9 Å². The van der Waals surface area contributed by atoms with E-state index in [9.17, 15) is 4.79 Å². The van der Waals surface area contributed by atoms with Crippen LogP contribution in [-0.2, 0) is 19.0 Å². The fourth-order valence-corrected chi connectivity index (χ4v) is 1.83. The molecule has 0 spiro atoms. The van der Waals surface area contributed by atoms with Gasteiger partial charge in [-0.2, -0.15) is 0 Å². The molecule has 0 unspecified atom stereocenters. The highest BCUT2D eigenvalue weighted by Crippen LogP contribution is 2.37. The highest BCUT2D eigenvalue weighted by Gasteiger charge is 2.46. The summed E-state index contributed by atoms with van der Waals surface area (Å²) in [7, 11) is 0. The van der Waals surface area contributed by atoms with Gasteiger partial charge in [-0.1, -0.05) is 0 Å². The van der Waals surface area contributed by atoms with Crippen LogP contribution in [0.1, 0.15) is 32.6 Å². The van der Waals surface area contributed by atoms with Crippen molar-refractivity contribution in [2.24, 2.45) is 5.92 Å². The Bertz CT molecular complexity index is 223. The smallest absolute Gasteiger partial charge is 0.311 e. The molecule has 1 saturated heterocycles. The van der Waals surface area contributed by atoms with Crippen molar-refractivity contribution in [1.82, 2.24) is 0 Å². The molecule has 1 aliphatic heterocycles. The van der Waals surface area contributed by atoms with Crippen molar-refractivity contribution in [2.45, 2.75) is 45.0 Å². The normalized spacial score (nSPS) is 34.9. The minimum atomic E-state index is -0.127. The minimum Gasteiger partial charge on any atom is -0.466 e. The molecular weight excluding hydrogens is 196 g/mol. The summed E-state index contributed by atoms with van der Waals surface area (Å²) in [6.45, 7) is 3.05. The Kier molecular flexibility index (Phi) is 3.59. The molecule has 0 radical (unpaired) electrons. The Morgan fingerprint density at radius 3 is 3.00 bits per heavy atom. The van der Waals surface area contributed by atoms with Crippen molar-refractivity contribution in [2.75, 3.05) is 13.2 Å². The molecule has 2 fully saturated rings. The van der Waals surface area contributed by atoms with Gasteiger partial charge in [-0.15, -0.1) is 0 Å². The van der Waals surface area contributed by atoms with E-state index in [0.29, 0.717) is 6.61 Å².